The van der Waals surface area contributed by atoms with E-state index in [4.69, 9.17) is 5.73 Å². The largest absolute Gasteiger partial charge is 0.398 e. The molecule has 4 aromatic rings. The number of hydrogen-bond donors (Lipinski definition) is 4. The van der Waals surface area contributed by atoms with Crippen LogP contribution < -0.4 is 5.73 Å². The van der Waals surface area contributed by atoms with Crippen molar-refractivity contribution < 1.29 is 22.1 Å². The standard InChI is InChI=1S/C20H15N3O5S3/c21-17-5-6-18(14-4-2-1-3-13(14)17)23-22-11-7-15-16(20(8-11)31(27)28)9-12(30(25)26)10-19(15)29-24/h1-10,24H,21H2,(H,25,26)(H,27,28). The Balaban J connectivity index is 1.89. The van der Waals surface area contributed by atoms with Crippen LogP contribution >= 0.6 is 12.0 Å². The molecule has 2 unspecified atom stereocenters. The summed E-state index contributed by atoms with van der Waals surface area (Å²) in [4.78, 5) is 0.228. The van der Waals surface area contributed by atoms with Gasteiger partial charge in [0.15, 0.2) is 22.2 Å². The summed E-state index contributed by atoms with van der Waals surface area (Å²) in [5, 5.41) is 10.8. The van der Waals surface area contributed by atoms with Gasteiger partial charge in [0, 0.05) is 44.2 Å². The van der Waals surface area contributed by atoms with Crippen LogP contribution in [0.15, 0.2) is 85.6 Å². The Morgan fingerprint density at radius 2 is 1.55 bits per heavy atom. The van der Waals surface area contributed by atoms with Crippen molar-refractivity contribution in [1.82, 2.24) is 0 Å². The van der Waals surface area contributed by atoms with Crippen molar-refractivity contribution in [2.75, 3.05) is 5.73 Å². The van der Waals surface area contributed by atoms with Crippen LogP contribution in [-0.2, 0) is 22.2 Å². The van der Waals surface area contributed by atoms with Crippen molar-refractivity contribution in [2.45, 2.75) is 14.7 Å². The van der Waals surface area contributed by atoms with Gasteiger partial charge < -0.3 is 19.4 Å². The molecule has 0 aliphatic rings. The number of azo groups is 1. The summed E-state index contributed by atoms with van der Waals surface area (Å²) in [5.74, 6) is 0. The predicted molar refractivity (Wildman–Crippen MR) is 123 cm³/mol. The minimum absolute atomic E-state index is 0.00142. The molecule has 4 aromatic carbocycles. The lowest BCUT2D eigenvalue weighted by Gasteiger charge is -2.10. The van der Waals surface area contributed by atoms with Crippen LogP contribution in [0.5, 0.6) is 0 Å². The molecule has 2 atom stereocenters. The van der Waals surface area contributed by atoms with Crippen LogP contribution in [0.25, 0.3) is 21.5 Å². The molecule has 8 nitrogen and oxygen atoms in total. The molecule has 0 heterocycles. The van der Waals surface area contributed by atoms with Crippen LogP contribution in [0, 0.1) is 0 Å². The SMILES string of the molecule is Nc1ccc(N=Nc2cc(S(=O)O)c3cc(S(=O)O)cc(SO)c3c2)c2ccccc12. The number of nitrogens with zero attached hydrogens (tertiary/aromatic N) is 2. The van der Waals surface area contributed by atoms with E-state index in [1.165, 1.54) is 18.2 Å². The topological polar surface area (TPSA) is 146 Å². The maximum atomic E-state index is 12.0. The van der Waals surface area contributed by atoms with E-state index in [1.807, 2.05) is 24.3 Å². The number of hydrogen-bond acceptors (Lipinski definition) is 7. The Kier molecular flexibility index (Phi) is 6.14. The molecule has 4 rings (SSSR count). The summed E-state index contributed by atoms with van der Waals surface area (Å²) in [7, 11) is 0. The highest BCUT2D eigenvalue weighted by atomic mass is 32.2. The van der Waals surface area contributed by atoms with Crippen molar-refractivity contribution in [3.05, 3.63) is 60.7 Å². The first kappa shape index (κ1) is 21.6. The molecule has 0 saturated heterocycles. The Morgan fingerprint density at radius 3 is 2.23 bits per heavy atom. The zero-order valence-electron chi connectivity index (χ0n) is 15.6. The van der Waals surface area contributed by atoms with Gasteiger partial charge in [-0.2, -0.15) is 5.11 Å². The normalized spacial score (nSPS) is 13.8. The highest BCUT2D eigenvalue weighted by molar-refractivity contribution is 7.94. The molecule has 158 valence electrons. The van der Waals surface area contributed by atoms with Crippen LogP contribution in [0.4, 0.5) is 17.1 Å². The lowest BCUT2D eigenvalue weighted by molar-refractivity contribution is 0.562. The third-order valence-electron chi connectivity index (χ3n) is 4.65. The quantitative estimate of drug-likeness (QED) is 0.125. The van der Waals surface area contributed by atoms with Gasteiger partial charge in [-0.1, -0.05) is 24.3 Å². The lowest BCUT2D eigenvalue weighted by Crippen LogP contribution is -1.95. The van der Waals surface area contributed by atoms with Gasteiger partial charge in [0.05, 0.1) is 21.2 Å². The van der Waals surface area contributed by atoms with E-state index >= 15 is 0 Å². The van der Waals surface area contributed by atoms with Crippen molar-refractivity contribution >= 4 is 72.8 Å². The molecule has 0 radical (unpaired) electrons. The molecule has 5 N–H and O–H groups in total. The highest BCUT2D eigenvalue weighted by Gasteiger charge is 2.16. The molecule has 0 fully saturated rings. The van der Waals surface area contributed by atoms with Crippen molar-refractivity contribution in [2.24, 2.45) is 10.2 Å². The van der Waals surface area contributed by atoms with Crippen LogP contribution in [0.3, 0.4) is 0 Å². The van der Waals surface area contributed by atoms with Crippen LogP contribution in [0.2, 0.25) is 0 Å². The Labute approximate surface area is 186 Å². The average molecular weight is 474 g/mol. The Bertz CT molecular complexity index is 1410. The summed E-state index contributed by atoms with van der Waals surface area (Å²) >= 11 is -4.37. The molecule has 0 amide bonds. The number of nitrogens with two attached hydrogens (primary N) is 1. The number of benzene rings is 4. The van der Waals surface area contributed by atoms with Crippen LogP contribution in [0.1, 0.15) is 0 Å². The fraction of sp³-hybridized carbons (Fsp3) is 0. The van der Waals surface area contributed by atoms with E-state index in [0.717, 1.165) is 10.8 Å². The van der Waals surface area contributed by atoms with Gasteiger partial charge in [0.2, 0.25) is 0 Å². The first-order chi connectivity index (χ1) is 14.9. The molecular weight excluding hydrogens is 458 g/mol. The minimum Gasteiger partial charge on any atom is -0.398 e. The zero-order valence-corrected chi connectivity index (χ0v) is 18.1. The second-order valence-electron chi connectivity index (χ2n) is 6.47. The van der Waals surface area contributed by atoms with Gasteiger partial charge >= 0.3 is 0 Å². The van der Waals surface area contributed by atoms with E-state index in [2.05, 4.69) is 10.2 Å². The Hall–Kier alpha value is -2.67. The van der Waals surface area contributed by atoms with Gasteiger partial charge in [-0.05, 0) is 36.4 Å². The third kappa shape index (κ3) is 4.24. The van der Waals surface area contributed by atoms with Gasteiger partial charge in [-0.3, -0.25) is 0 Å². The zero-order chi connectivity index (χ0) is 22.1. The first-order valence-electron chi connectivity index (χ1n) is 8.73. The maximum Gasteiger partial charge on any atom is 0.187 e. The van der Waals surface area contributed by atoms with Crippen LogP contribution in [-0.4, -0.2) is 22.1 Å². The molecule has 0 bridgehead atoms. The minimum atomic E-state index is -2.41. The number of nitrogen functional groups attached to an aromatic ring is 1. The predicted octanol–water partition coefficient (Wildman–Crippen LogP) is 5.72. The van der Waals surface area contributed by atoms with Gasteiger partial charge in [-0.25, -0.2) is 8.42 Å². The summed E-state index contributed by atoms with van der Waals surface area (Å²) in [6.07, 6.45) is 0. The van der Waals surface area contributed by atoms with E-state index in [1.54, 1.807) is 18.2 Å². The smallest absolute Gasteiger partial charge is 0.187 e. The second kappa shape index (κ2) is 8.83. The molecule has 0 aliphatic heterocycles. The summed E-state index contributed by atoms with van der Waals surface area (Å²) < 4.78 is 52.3. The molecule has 0 aromatic heterocycles. The molecule has 0 aliphatic carbocycles. The summed E-state index contributed by atoms with van der Waals surface area (Å²) in [5.41, 5.74) is 7.47. The first-order valence-corrected chi connectivity index (χ1v) is 11.7. The molecule has 0 saturated carbocycles. The van der Waals surface area contributed by atoms with E-state index in [-0.39, 0.29) is 25.8 Å². The molecule has 31 heavy (non-hydrogen) atoms. The number of fused-ring (bicyclic) bond motifs is 2. The summed E-state index contributed by atoms with van der Waals surface area (Å²) in [6, 6.07) is 16.5. The summed E-state index contributed by atoms with van der Waals surface area (Å²) in [6.45, 7) is 0. The van der Waals surface area contributed by atoms with Crippen molar-refractivity contribution in [3.63, 3.8) is 0 Å². The van der Waals surface area contributed by atoms with Gasteiger partial charge in [0.25, 0.3) is 0 Å². The van der Waals surface area contributed by atoms with Crippen molar-refractivity contribution in [3.8, 4) is 0 Å². The Morgan fingerprint density at radius 1 is 0.806 bits per heavy atom. The highest BCUT2D eigenvalue weighted by Crippen LogP contribution is 2.37. The van der Waals surface area contributed by atoms with E-state index < -0.39 is 22.2 Å². The number of rotatable bonds is 5. The fourth-order valence-electron chi connectivity index (χ4n) is 3.24. The maximum absolute atomic E-state index is 12.0. The van der Waals surface area contributed by atoms with E-state index in [9.17, 15) is 22.1 Å². The van der Waals surface area contributed by atoms with Gasteiger partial charge in [-0.15, -0.1) is 5.11 Å². The second-order valence-corrected chi connectivity index (χ2v) is 9.00. The molecule has 0 spiro atoms. The lowest BCUT2D eigenvalue weighted by atomic mass is 10.1. The van der Waals surface area contributed by atoms with Crippen molar-refractivity contribution in [1.29, 1.82) is 0 Å². The monoisotopic (exact) mass is 473 g/mol. The van der Waals surface area contributed by atoms with E-state index in [0.29, 0.717) is 28.8 Å². The average Bonchev–Trinajstić information content (AvgIpc) is 2.77. The van der Waals surface area contributed by atoms with Gasteiger partial charge in [0.1, 0.15) is 0 Å². The molecule has 11 heteroatoms. The molecular formula is C20H15N3O5S3. The fourth-order valence-corrected chi connectivity index (χ4v) is 4.78. The third-order valence-corrected chi connectivity index (χ3v) is 6.54. The number of anilines is 1.